The fourth-order valence-corrected chi connectivity index (χ4v) is 11.0. The first-order chi connectivity index (χ1) is 28.1. The molecule has 0 N–H and O–H groups in total. The van der Waals surface area contributed by atoms with Gasteiger partial charge in [0.25, 0.3) is 0 Å². The minimum absolute atomic E-state index is 0.00833. The highest BCUT2D eigenvalue weighted by molar-refractivity contribution is 7.26. The Balaban J connectivity index is 1.03. The predicted octanol–water partition coefficient (Wildman–Crippen LogP) is 16.3. The predicted molar refractivity (Wildman–Crippen MR) is 247 cm³/mol. The molecule has 1 heterocycles. The van der Waals surface area contributed by atoms with Crippen LogP contribution in [0.25, 0.3) is 75.1 Å². The van der Waals surface area contributed by atoms with E-state index in [4.69, 9.17) is 0 Å². The molecule has 0 radical (unpaired) electrons. The lowest BCUT2D eigenvalue weighted by atomic mass is 9.74. The van der Waals surface area contributed by atoms with Crippen LogP contribution in [0.1, 0.15) is 37.8 Å². The summed E-state index contributed by atoms with van der Waals surface area (Å²) in [5.41, 5.74) is 14.0. The van der Waals surface area contributed by atoms with Crippen LogP contribution in [0.5, 0.6) is 0 Å². The zero-order valence-electron chi connectivity index (χ0n) is 32.2. The number of hydrogen-bond donors (Lipinski definition) is 0. The minimum Gasteiger partial charge on any atom is -0.310 e. The molecule has 11 rings (SSSR count). The van der Waals surface area contributed by atoms with Gasteiger partial charge in [-0.05, 0) is 122 Å². The number of benzene rings is 9. The zero-order valence-corrected chi connectivity index (χ0v) is 33.0. The van der Waals surface area contributed by atoms with E-state index in [1.54, 1.807) is 0 Å². The molecular weight excluding hydrogens is 707 g/mol. The summed E-state index contributed by atoms with van der Waals surface area (Å²) in [6.45, 7) is 4.70. The molecular formula is C55H41NS. The van der Waals surface area contributed by atoms with Crippen molar-refractivity contribution < 1.29 is 0 Å². The number of rotatable bonds is 7. The quantitative estimate of drug-likeness (QED) is 0.157. The van der Waals surface area contributed by atoms with E-state index in [9.17, 15) is 0 Å². The van der Waals surface area contributed by atoms with Gasteiger partial charge in [0, 0.05) is 48.0 Å². The van der Waals surface area contributed by atoms with Crippen molar-refractivity contribution >= 4 is 70.1 Å². The second-order valence-electron chi connectivity index (χ2n) is 15.5. The van der Waals surface area contributed by atoms with Crippen molar-refractivity contribution in [3.8, 4) is 33.4 Å². The maximum absolute atomic E-state index is 2.48. The molecule has 0 atom stereocenters. The van der Waals surface area contributed by atoms with Gasteiger partial charge in [-0.3, -0.25) is 0 Å². The maximum atomic E-state index is 2.48. The zero-order chi connectivity index (χ0) is 38.1. The molecule has 57 heavy (non-hydrogen) atoms. The lowest BCUT2D eigenvalue weighted by Crippen LogP contribution is -2.23. The van der Waals surface area contributed by atoms with Gasteiger partial charge in [-0.25, -0.2) is 0 Å². The van der Waals surface area contributed by atoms with Crippen molar-refractivity contribution in [2.75, 3.05) is 4.90 Å². The summed E-state index contributed by atoms with van der Waals surface area (Å²) in [6.07, 6.45) is 2.12. The molecule has 0 fully saturated rings. The molecule has 10 aromatic rings. The molecule has 0 amide bonds. The van der Waals surface area contributed by atoms with Crippen LogP contribution in [0.15, 0.2) is 188 Å². The molecule has 272 valence electrons. The normalized spacial score (nSPS) is 13.0. The van der Waals surface area contributed by atoms with Gasteiger partial charge in [-0.15, -0.1) is 11.3 Å². The van der Waals surface area contributed by atoms with Gasteiger partial charge in [0.1, 0.15) is 0 Å². The highest BCUT2D eigenvalue weighted by atomic mass is 32.1. The Morgan fingerprint density at radius 3 is 1.81 bits per heavy atom. The van der Waals surface area contributed by atoms with Gasteiger partial charge >= 0.3 is 0 Å². The molecule has 0 saturated carbocycles. The first kappa shape index (κ1) is 33.8. The number of thiophene rings is 1. The van der Waals surface area contributed by atoms with Gasteiger partial charge in [-0.1, -0.05) is 153 Å². The lowest BCUT2D eigenvalue weighted by Gasteiger charge is -2.32. The van der Waals surface area contributed by atoms with Crippen molar-refractivity contribution in [1.29, 1.82) is 0 Å². The first-order valence-corrected chi connectivity index (χ1v) is 21.0. The van der Waals surface area contributed by atoms with Gasteiger partial charge in [0.05, 0.1) is 0 Å². The molecule has 0 unspecified atom stereocenters. The number of hydrogen-bond acceptors (Lipinski definition) is 2. The topological polar surface area (TPSA) is 3.24 Å². The van der Waals surface area contributed by atoms with E-state index >= 15 is 0 Å². The molecule has 0 aliphatic heterocycles. The fourth-order valence-electron chi connectivity index (χ4n) is 9.80. The summed E-state index contributed by atoms with van der Waals surface area (Å²) in [6, 6.07) is 70.1. The standard InChI is InChI=1S/C55H41NS/c1-3-55(4-2)51-18-9-7-14-46(51)47-31-30-43(35-52(47)55)56(41-26-22-37(23-27-41)40-21-20-36-12-5-6-13-39(36)34-40)42-28-24-38(25-29-42)44-16-11-17-49-45(44)32-33-50-48-15-8-10-19-53(48)57-54(49)50/h5-35H,3-4H2,1-2H3. The van der Waals surface area contributed by atoms with Gasteiger partial charge in [0.2, 0.25) is 0 Å². The monoisotopic (exact) mass is 747 g/mol. The maximum Gasteiger partial charge on any atom is 0.0465 e. The SMILES string of the molecule is CCC1(CC)c2ccccc2-c2ccc(N(c3ccc(-c4ccc5ccccc5c4)cc3)c3ccc(-c4cccc5c4ccc4c6ccccc6sc54)cc3)cc21. The van der Waals surface area contributed by atoms with Gasteiger partial charge in [0.15, 0.2) is 0 Å². The van der Waals surface area contributed by atoms with E-state index in [2.05, 4.69) is 207 Å². The third-order valence-corrected chi connectivity index (χ3v) is 14.0. The lowest BCUT2D eigenvalue weighted by molar-refractivity contribution is 0.490. The van der Waals surface area contributed by atoms with Crippen LogP contribution in [0.2, 0.25) is 0 Å². The van der Waals surface area contributed by atoms with Crippen molar-refractivity contribution in [2.45, 2.75) is 32.1 Å². The van der Waals surface area contributed by atoms with Crippen LogP contribution in [-0.2, 0) is 5.41 Å². The molecule has 0 spiro atoms. The summed E-state index contributed by atoms with van der Waals surface area (Å²) < 4.78 is 2.70. The smallest absolute Gasteiger partial charge is 0.0465 e. The van der Waals surface area contributed by atoms with E-state index in [0.29, 0.717) is 0 Å². The van der Waals surface area contributed by atoms with Crippen molar-refractivity contribution in [3.63, 3.8) is 0 Å². The van der Waals surface area contributed by atoms with E-state index in [1.807, 2.05) is 11.3 Å². The Bertz CT molecular complexity index is 3150. The van der Waals surface area contributed by atoms with Gasteiger partial charge in [-0.2, -0.15) is 0 Å². The molecule has 1 aliphatic carbocycles. The average Bonchev–Trinajstić information content (AvgIpc) is 3.80. The summed E-state index contributed by atoms with van der Waals surface area (Å²) in [4.78, 5) is 2.44. The Labute approximate surface area is 338 Å². The average molecular weight is 748 g/mol. The third kappa shape index (κ3) is 5.28. The molecule has 1 aliphatic rings. The number of fused-ring (bicyclic) bond motifs is 9. The molecule has 2 heteroatoms. The van der Waals surface area contributed by atoms with Gasteiger partial charge < -0.3 is 4.90 Å². The van der Waals surface area contributed by atoms with Crippen LogP contribution < -0.4 is 4.90 Å². The largest absolute Gasteiger partial charge is 0.310 e. The van der Waals surface area contributed by atoms with Crippen LogP contribution in [-0.4, -0.2) is 0 Å². The molecule has 1 nitrogen and oxygen atoms in total. The Kier molecular flexibility index (Phi) is 7.91. The Hall–Kier alpha value is -6.48. The summed E-state index contributed by atoms with van der Waals surface area (Å²) >= 11 is 1.90. The second kappa shape index (κ2) is 13.3. The number of anilines is 3. The minimum atomic E-state index is -0.00833. The van der Waals surface area contributed by atoms with E-state index < -0.39 is 0 Å². The van der Waals surface area contributed by atoms with E-state index in [0.717, 1.165) is 24.2 Å². The molecule has 0 bridgehead atoms. The van der Waals surface area contributed by atoms with Crippen molar-refractivity contribution in [1.82, 2.24) is 0 Å². The fraction of sp³-hybridized carbons (Fsp3) is 0.0909. The van der Waals surface area contributed by atoms with Crippen molar-refractivity contribution in [3.05, 3.63) is 199 Å². The highest BCUT2D eigenvalue weighted by Gasteiger charge is 2.40. The van der Waals surface area contributed by atoms with E-state index in [1.165, 1.54) is 91.9 Å². The van der Waals surface area contributed by atoms with Crippen LogP contribution in [0.4, 0.5) is 17.1 Å². The van der Waals surface area contributed by atoms with E-state index in [-0.39, 0.29) is 5.41 Å². The first-order valence-electron chi connectivity index (χ1n) is 20.2. The summed E-state index contributed by atoms with van der Waals surface area (Å²) in [5, 5.41) is 7.81. The third-order valence-electron chi connectivity index (χ3n) is 12.8. The summed E-state index contributed by atoms with van der Waals surface area (Å²) in [5.74, 6) is 0. The van der Waals surface area contributed by atoms with Crippen LogP contribution in [0.3, 0.4) is 0 Å². The summed E-state index contributed by atoms with van der Waals surface area (Å²) in [7, 11) is 0. The Morgan fingerprint density at radius 1 is 0.404 bits per heavy atom. The molecule has 0 saturated heterocycles. The van der Waals surface area contributed by atoms with Crippen molar-refractivity contribution in [2.24, 2.45) is 0 Å². The van der Waals surface area contributed by atoms with Crippen LogP contribution >= 0.6 is 11.3 Å². The second-order valence-corrected chi connectivity index (χ2v) is 16.5. The Morgan fingerprint density at radius 2 is 1.00 bits per heavy atom. The number of nitrogens with zero attached hydrogens (tertiary/aromatic N) is 1. The molecule has 9 aromatic carbocycles. The van der Waals surface area contributed by atoms with Crippen LogP contribution in [0, 0.1) is 0 Å². The highest BCUT2D eigenvalue weighted by Crippen LogP contribution is 2.54. The molecule has 1 aromatic heterocycles.